The summed E-state index contributed by atoms with van der Waals surface area (Å²) in [5.41, 5.74) is 1.40. The highest BCUT2D eigenvalue weighted by molar-refractivity contribution is 7.80. The molecule has 1 saturated heterocycles. The molecule has 1 aromatic carbocycles. The summed E-state index contributed by atoms with van der Waals surface area (Å²) < 4.78 is 41.2. The summed E-state index contributed by atoms with van der Waals surface area (Å²) >= 11 is 5.43. The first-order chi connectivity index (χ1) is 13.4. The molecule has 2 atom stereocenters. The summed E-state index contributed by atoms with van der Waals surface area (Å²) in [4.78, 5) is 6.34. The smallest absolute Gasteiger partial charge is 0.352 e. The molecule has 0 aliphatic carbocycles. The van der Waals surface area contributed by atoms with Gasteiger partial charge in [-0.1, -0.05) is 12.1 Å². The van der Waals surface area contributed by atoms with E-state index in [4.69, 9.17) is 12.2 Å². The van der Waals surface area contributed by atoms with E-state index >= 15 is 0 Å². The van der Waals surface area contributed by atoms with Crippen molar-refractivity contribution < 1.29 is 13.2 Å². The number of alkyl halides is 3. The topological polar surface area (TPSA) is 33.1 Å². The minimum Gasteiger partial charge on any atom is -0.352 e. The second-order valence-corrected chi connectivity index (χ2v) is 6.98. The molecule has 28 heavy (non-hydrogen) atoms. The summed E-state index contributed by atoms with van der Waals surface area (Å²) in [6.45, 7) is 0. The predicted octanol–water partition coefficient (Wildman–Crippen LogP) is 4.49. The molecular weight excluding hydrogens is 385 g/mol. The molecule has 0 saturated carbocycles. The lowest BCUT2D eigenvalue weighted by Crippen LogP contribution is -2.26. The van der Waals surface area contributed by atoms with Gasteiger partial charge in [-0.15, -0.1) is 0 Å². The van der Waals surface area contributed by atoms with Gasteiger partial charge in [0.15, 0.2) is 5.11 Å². The lowest BCUT2D eigenvalue weighted by molar-refractivity contribution is -0.137. The molecule has 8 heteroatoms. The van der Waals surface area contributed by atoms with Crippen LogP contribution in [-0.4, -0.2) is 26.6 Å². The molecule has 0 bridgehead atoms. The van der Waals surface area contributed by atoms with Crippen LogP contribution in [0.1, 0.15) is 29.0 Å². The molecule has 1 aliphatic rings. The van der Waals surface area contributed by atoms with Gasteiger partial charge < -0.3 is 14.8 Å². The lowest BCUT2D eigenvalue weighted by Gasteiger charge is -2.26. The molecule has 0 spiro atoms. The molecule has 2 unspecified atom stereocenters. The van der Waals surface area contributed by atoms with Crippen LogP contribution >= 0.6 is 12.2 Å². The number of likely N-dealkylation sites (N-methyl/N-ethyl adjacent to an activating group) is 1. The van der Waals surface area contributed by atoms with E-state index in [0.29, 0.717) is 10.8 Å². The average Bonchev–Trinajstić information content (AvgIpc) is 3.27. The Morgan fingerprint density at radius 2 is 1.89 bits per heavy atom. The van der Waals surface area contributed by atoms with E-state index in [-0.39, 0.29) is 12.1 Å². The Morgan fingerprint density at radius 1 is 1.07 bits per heavy atom. The Morgan fingerprint density at radius 3 is 2.61 bits per heavy atom. The first kappa shape index (κ1) is 18.5. The van der Waals surface area contributed by atoms with Crippen LogP contribution in [0.15, 0.2) is 67.0 Å². The van der Waals surface area contributed by atoms with Crippen LogP contribution in [-0.2, 0) is 6.18 Å². The van der Waals surface area contributed by atoms with E-state index < -0.39 is 11.7 Å². The van der Waals surface area contributed by atoms with Gasteiger partial charge in [-0.25, -0.2) is 0 Å². The number of nitrogens with zero attached hydrogens (tertiary/aromatic N) is 3. The number of hydrogen-bond donors (Lipinski definition) is 1. The van der Waals surface area contributed by atoms with Crippen LogP contribution in [0.4, 0.5) is 13.2 Å². The zero-order valence-electron chi connectivity index (χ0n) is 14.9. The quantitative estimate of drug-likeness (QED) is 0.655. The summed E-state index contributed by atoms with van der Waals surface area (Å²) in [5, 5.41) is 3.84. The number of nitrogens with one attached hydrogen (secondary N) is 1. The van der Waals surface area contributed by atoms with Crippen molar-refractivity contribution in [2.75, 3.05) is 7.05 Å². The van der Waals surface area contributed by atoms with Gasteiger partial charge in [0, 0.05) is 30.8 Å². The van der Waals surface area contributed by atoms with E-state index in [1.54, 1.807) is 23.0 Å². The van der Waals surface area contributed by atoms with Crippen LogP contribution in [0, 0.1) is 0 Å². The third kappa shape index (κ3) is 3.24. The maximum absolute atomic E-state index is 13.2. The number of halogens is 3. The molecule has 4 nitrogen and oxygen atoms in total. The van der Waals surface area contributed by atoms with Gasteiger partial charge in [0.05, 0.1) is 23.3 Å². The molecule has 4 rings (SSSR count). The monoisotopic (exact) mass is 402 g/mol. The number of benzene rings is 1. The van der Waals surface area contributed by atoms with Crippen molar-refractivity contribution in [3.63, 3.8) is 0 Å². The molecule has 0 radical (unpaired) electrons. The Balaban J connectivity index is 1.79. The maximum atomic E-state index is 13.2. The molecule has 144 valence electrons. The molecular formula is C20H17F3N4S. The summed E-state index contributed by atoms with van der Waals surface area (Å²) in [5.74, 6) is 0. The molecule has 1 fully saturated rings. The van der Waals surface area contributed by atoms with Gasteiger partial charge in [0.2, 0.25) is 0 Å². The van der Waals surface area contributed by atoms with Gasteiger partial charge in [-0.2, -0.15) is 13.2 Å². The zero-order valence-corrected chi connectivity index (χ0v) is 15.7. The van der Waals surface area contributed by atoms with Gasteiger partial charge >= 0.3 is 6.18 Å². The Kier molecular flexibility index (Phi) is 4.58. The Bertz CT molecular complexity index is 1000. The number of thiocarbonyl (C=S) groups is 1. The highest BCUT2D eigenvalue weighted by atomic mass is 32.1. The second-order valence-electron chi connectivity index (χ2n) is 6.59. The average molecular weight is 402 g/mol. The lowest BCUT2D eigenvalue weighted by atomic mass is 10.0. The van der Waals surface area contributed by atoms with Gasteiger partial charge in [-0.05, 0) is 54.7 Å². The molecule has 1 aliphatic heterocycles. The van der Waals surface area contributed by atoms with Gasteiger partial charge in [-0.3, -0.25) is 4.98 Å². The Hall–Kier alpha value is -2.87. The molecule has 3 heterocycles. The molecule has 0 amide bonds. The van der Waals surface area contributed by atoms with Crippen LogP contribution in [0.3, 0.4) is 0 Å². The van der Waals surface area contributed by atoms with Gasteiger partial charge in [0.25, 0.3) is 0 Å². The van der Waals surface area contributed by atoms with Crippen molar-refractivity contribution in [1.29, 1.82) is 0 Å². The van der Waals surface area contributed by atoms with E-state index in [1.807, 2.05) is 42.3 Å². The van der Waals surface area contributed by atoms with Gasteiger partial charge in [0.1, 0.15) is 0 Å². The fraction of sp³-hybridized carbons (Fsp3) is 0.200. The number of pyridine rings is 1. The first-order valence-electron chi connectivity index (χ1n) is 8.65. The minimum atomic E-state index is -4.40. The zero-order chi connectivity index (χ0) is 19.9. The molecule has 3 aromatic rings. The Labute approximate surface area is 165 Å². The van der Waals surface area contributed by atoms with E-state index in [0.717, 1.165) is 23.5 Å². The third-order valence-corrected chi connectivity index (χ3v) is 5.28. The third-order valence-electron chi connectivity index (χ3n) is 4.87. The van der Waals surface area contributed by atoms with Crippen molar-refractivity contribution in [3.05, 3.63) is 83.9 Å². The standard InChI is InChI=1S/C20H17F3N4S/c1-26-18(17(25-19(26)28)15-8-2-3-10-24-15)16-9-5-11-27(16)14-7-4-6-13(12-14)20(21,22)23/h2-12,17-18H,1H3,(H,25,28). The highest BCUT2D eigenvalue weighted by Crippen LogP contribution is 2.39. The minimum absolute atomic E-state index is 0.210. The predicted molar refractivity (Wildman–Crippen MR) is 104 cm³/mol. The van der Waals surface area contributed by atoms with E-state index in [9.17, 15) is 13.2 Å². The largest absolute Gasteiger partial charge is 0.416 e. The van der Waals surface area contributed by atoms with Crippen LogP contribution in [0.25, 0.3) is 5.69 Å². The van der Waals surface area contributed by atoms with Crippen molar-refractivity contribution in [3.8, 4) is 5.69 Å². The van der Waals surface area contributed by atoms with E-state index in [2.05, 4.69) is 10.3 Å². The fourth-order valence-corrected chi connectivity index (χ4v) is 3.77. The van der Waals surface area contributed by atoms with Crippen molar-refractivity contribution in [2.24, 2.45) is 0 Å². The molecule has 2 aromatic heterocycles. The summed E-state index contributed by atoms with van der Waals surface area (Å²) in [7, 11) is 1.87. The van der Waals surface area contributed by atoms with Crippen LogP contribution in [0.2, 0.25) is 0 Å². The summed E-state index contributed by atoms with van der Waals surface area (Å²) in [6.07, 6.45) is -0.927. The summed E-state index contributed by atoms with van der Waals surface area (Å²) in [6, 6.07) is 14.2. The number of hydrogen-bond acceptors (Lipinski definition) is 2. The van der Waals surface area contributed by atoms with Crippen LogP contribution in [0.5, 0.6) is 0 Å². The van der Waals surface area contributed by atoms with Crippen molar-refractivity contribution in [1.82, 2.24) is 19.8 Å². The maximum Gasteiger partial charge on any atom is 0.416 e. The number of rotatable bonds is 3. The first-order valence-corrected chi connectivity index (χ1v) is 9.06. The number of aromatic nitrogens is 2. The molecule has 1 N–H and O–H groups in total. The van der Waals surface area contributed by atoms with Crippen LogP contribution < -0.4 is 5.32 Å². The van der Waals surface area contributed by atoms with Crippen molar-refractivity contribution >= 4 is 17.3 Å². The highest BCUT2D eigenvalue weighted by Gasteiger charge is 2.39. The van der Waals surface area contributed by atoms with Crippen molar-refractivity contribution in [2.45, 2.75) is 18.3 Å². The second kappa shape index (κ2) is 6.94. The fourth-order valence-electron chi connectivity index (χ4n) is 3.53. The van der Waals surface area contributed by atoms with E-state index in [1.165, 1.54) is 6.07 Å². The normalized spacial score (nSPS) is 19.7. The SMILES string of the molecule is CN1C(=S)NC(c2ccccn2)C1c1cccn1-c1cccc(C(F)(F)F)c1.